The SMILES string of the molecule is C[C@H](CO)CS[C@@H](C)C(=O)Nc1ccc(C(F)(F)F)cc1. The molecule has 2 atom stereocenters. The largest absolute Gasteiger partial charge is 0.416 e. The summed E-state index contributed by atoms with van der Waals surface area (Å²) in [5.41, 5.74) is -0.421. The van der Waals surface area contributed by atoms with Crippen molar-refractivity contribution in [2.45, 2.75) is 25.3 Å². The Morgan fingerprint density at radius 3 is 2.33 bits per heavy atom. The van der Waals surface area contributed by atoms with Crippen molar-refractivity contribution >= 4 is 23.4 Å². The minimum atomic E-state index is -4.38. The lowest BCUT2D eigenvalue weighted by Crippen LogP contribution is -2.23. The molecule has 1 rings (SSSR count). The number of aliphatic hydroxyl groups excluding tert-OH is 1. The van der Waals surface area contributed by atoms with Gasteiger partial charge in [0.1, 0.15) is 0 Å². The Hall–Kier alpha value is -1.21. The first-order chi connectivity index (χ1) is 9.74. The van der Waals surface area contributed by atoms with Gasteiger partial charge in [-0.2, -0.15) is 13.2 Å². The topological polar surface area (TPSA) is 49.3 Å². The van der Waals surface area contributed by atoms with Crippen LogP contribution in [0, 0.1) is 5.92 Å². The Balaban J connectivity index is 2.54. The minimum absolute atomic E-state index is 0.0558. The molecular weight excluding hydrogens is 303 g/mol. The predicted molar refractivity (Wildman–Crippen MR) is 78.2 cm³/mol. The second-order valence-corrected chi connectivity index (χ2v) is 6.20. The Morgan fingerprint density at radius 2 is 1.86 bits per heavy atom. The van der Waals surface area contributed by atoms with Crippen molar-refractivity contribution in [3.8, 4) is 0 Å². The van der Waals surface area contributed by atoms with Gasteiger partial charge in [-0.05, 0) is 42.9 Å². The van der Waals surface area contributed by atoms with E-state index in [0.717, 1.165) is 12.1 Å². The molecule has 3 nitrogen and oxygen atoms in total. The molecule has 2 N–H and O–H groups in total. The highest BCUT2D eigenvalue weighted by atomic mass is 32.2. The summed E-state index contributed by atoms with van der Waals surface area (Å²) in [6.45, 7) is 3.64. The molecule has 0 aliphatic heterocycles. The first-order valence-corrected chi connectivity index (χ1v) is 7.49. The molecule has 7 heteroatoms. The van der Waals surface area contributed by atoms with Crippen LogP contribution in [0.2, 0.25) is 0 Å². The van der Waals surface area contributed by atoms with Crippen LogP contribution < -0.4 is 5.32 Å². The molecule has 0 aliphatic rings. The Morgan fingerprint density at radius 1 is 1.29 bits per heavy atom. The van der Waals surface area contributed by atoms with Crippen molar-refractivity contribution in [2.24, 2.45) is 5.92 Å². The van der Waals surface area contributed by atoms with Gasteiger partial charge in [-0.3, -0.25) is 4.79 Å². The van der Waals surface area contributed by atoms with Crippen LogP contribution in [0.1, 0.15) is 19.4 Å². The lowest BCUT2D eigenvalue weighted by Gasteiger charge is -2.14. The number of aliphatic hydroxyl groups is 1. The maximum Gasteiger partial charge on any atom is 0.416 e. The van der Waals surface area contributed by atoms with Gasteiger partial charge in [0.25, 0.3) is 0 Å². The quantitative estimate of drug-likeness (QED) is 0.844. The molecule has 0 saturated heterocycles. The number of amides is 1. The Bertz CT molecular complexity index is 462. The van der Waals surface area contributed by atoms with Crippen molar-refractivity contribution in [2.75, 3.05) is 17.7 Å². The van der Waals surface area contributed by atoms with Crippen LogP contribution in [0.25, 0.3) is 0 Å². The van der Waals surface area contributed by atoms with Crippen LogP contribution in [0.3, 0.4) is 0 Å². The van der Waals surface area contributed by atoms with Crippen LogP contribution in [0.5, 0.6) is 0 Å². The van der Waals surface area contributed by atoms with Crippen LogP contribution in [-0.4, -0.2) is 28.6 Å². The molecule has 0 aliphatic carbocycles. The van der Waals surface area contributed by atoms with E-state index in [-0.39, 0.29) is 23.7 Å². The zero-order valence-corrected chi connectivity index (χ0v) is 12.6. The number of hydrogen-bond donors (Lipinski definition) is 2. The first kappa shape index (κ1) is 17.8. The number of benzene rings is 1. The van der Waals surface area contributed by atoms with E-state index in [1.54, 1.807) is 6.92 Å². The van der Waals surface area contributed by atoms with Gasteiger partial charge in [0.15, 0.2) is 0 Å². The van der Waals surface area contributed by atoms with E-state index < -0.39 is 11.7 Å². The number of nitrogens with one attached hydrogen (secondary N) is 1. The third-order valence-electron chi connectivity index (χ3n) is 2.79. The molecule has 0 bridgehead atoms. The monoisotopic (exact) mass is 321 g/mol. The summed E-state index contributed by atoms with van der Waals surface area (Å²) in [5, 5.41) is 11.1. The van der Waals surface area contributed by atoms with E-state index in [4.69, 9.17) is 5.11 Å². The van der Waals surface area contributed by atoms with Crippen molar-refractivity contribution in [1.29, 1.82) is 0 Å². The average molecular weight is 321 g/mol. The molecule has 0 spiro atoms. The van der Waals surface area contributed by atoms with Crippen LogP contribution in [-0.2, 0) is 11.0 Å². The molecule has 1 amide bonds. The third-order valence-corrected chi connectivity index (χ3v) is 4.27. The molecule has 1 aromatic rings. The number of halogens is 3. The van der Waals surface area contributed by atoms with Gasteiger partial charge < -0.3 is 10.4 Å². The molecule has 0 saturated carbocycles. The molecule has 118 valence electrons. The fraction of sp³-hybridized carbons (Fsp3) is 0.500. The average Bonchev–Trinajstić information content (AvgIpc) is 2.43. The van der Waals surface area contributed by atoms with Gasteiger partial charge in [-0.25, -0.2) is 0 Å². The smallest absolute Gasteiger partial charge is 0.396 e. The van der Waals surface area contributed by atoms with Crippen molar-refractivity contribution < 1.29 is 23.1 Å². The van der Waals surface area contributed by atoms with Crippen LogP contribution in [0.4, 0.5) is 18.9 Å². The fourth-order valence-corrected chi connectivity index (χ4v) is 2.36. The summed E-state index contributed by atoms with van der Waals surface area (Å²) in [6, 6.07) is 4.32. The van der Waals surface area contributed by atoms with Gasteiger partial charge in [-0.15, -0.1) is 11.8 Å². The fourth-order valence-electron chi connectivity index (χ4n) is 1.42. The standard InChI is InChI=1S/C14H18F3NO2S/c1-9(7-19)8-21-10(2)13(20)18-12-5-3-11(4-6-12)14(15,16)17/h3-6,9-10,19H,7-8H2,1-2H3,(H,18,20)/t9-,10+/m1/s1. The number of hydrogen-bond acceptors (Lipinski definition) is 3. The minimum Gasteiger partial charge on any atom is -0.396 e. The van der Waals surface area contributed by atoms with Gasteiger partial charge >= 0.3 is 6.18 Å². The maximum atomic E-state index is 12.4. The highest BCUT2D eigenvalue weighted by Gasteiger charge is 2.30. The molecule has 1 aromatic carbocycles. The predicted octanol–water partition coefficient (Wildman–Crippen LogP) is 3.39. The van der Waals surface area contributed by atoms with Gasteiger partial charge in [-0.1, -0.05) is 6.92 Å². The van der Waals surface area contributed by atoms with Crippen LogP contribution in [0.15, 0.2) is 24.3 Å². The summed E-state index contributed by atoms with van der Waals surface area (Å²) >= 11 is 1.39. The summed E-state index contributed by atoms with van der Waals surface area (Å²) in [7, 11) is 0. The number of anilines is 1. The van der Waals surface area contributed by atoms with E-state index >= 15 is 0 Å². The number of thioether (sulfide) groups is 1. The summed E-state index contributed by atoms with van der Waals surface area (Å²) in [4.78, 5) is 11.9. The summed E-state index contributed by atoms with van der Waals surface area (Å²) in [5.74, 6) is 0.458. The van der Waals surface area contributed by atoms with E-state index in [1.807, 2.05) is 6.92 Å². The molecule has 21 heavy (non-hydrogen) atoms. The van der Waals surface area contributed by atoms with Gasteiger partial charge in [0, 0.05) is 12.3 Å². The highest BCUT2D eigenvalue weighted by Crippen LogP contribution is 2.30. The molecule has 0 fully saturated rings. The summed E-state index contributed by atoms with van der Waals surface area (Å²) < 4.78 is 37.2. The number of rotatable bonds is 6. The Kier molecular flexibility index (Phi) is 6.54. The van der Waals surface area contributed by atoms with Gasteiger partial charge in [0.05, 0.1) is 10.8 Å². The molecule has 0 radical (unpaired) electrons. The van der Waals surface area contributed by atoms with E-state index in [9.17, 15) is 18.0 Å². The lowest BCUT2D eigenvalue weighted by atomic mass is 10.2. The van der Waals surface area contributed by atoms with E-state index in [2.05, 4.69) is 5.32 Å². The number of carbonyl (C=O) groups is 1. The highest BCUT2D eigenvalue weighted by molar-refractivity contribution is 8.00. The molecular formula is C14H18F3NO2S. The molecule has 0 aromatic heterocycles. The molecule has 0 unspecified atom stereocenters. The summed E-state index contributed by atoms with van der Waals surface area (Å²) in [6.07, 6.45) is -4.38. The van der Waals surface area contributed by atoms with E-state index in [1.165, 1.54) is 23.9 Å². The van der Waals surface area contributed by atoms with Crippen LogP contribution >= 0.6 is 11.8 Å². The number of alkyl halides is 3. The molecule has 0 heterocycles. The first-order valence-electron chi connectivity index (χ1n) is 6.44. The zero-order valence-electron chi connectivity index (χ0n) is 11.8. The second kappa shape index (κ2) is 7.70. The van der Waals surface area contributed by atoms with E-state index in [0.29, 0.717) is 11.4 Å². The number of carbonyl (C=O) groups excluding carboxylic acids is 1. The van der Waals surface area contributed by atoms with Crippen molar-refractivity contribution in [3.63, 3.8) is 0 Å². The zero-order chi connectivity index (χ0) is 16.0. The van der Waals surface area contributed by atoms with Gasteiger partial charge in [0.2, 0.25) is 5.91 Å². The maximum absolute atomic E-state index is 12.4. The second-order valence-electron chi connectivity index (χ2n) is 4.83. The van der Waals surface area contributed by atoms with Crippen molar-refractivity contribution in [1.82, 2.24) is 0 Å². The lowest BCUT2D eigenvalue weighted by molar-refractivity contribution is -0.137. The third kappa shape index (κ3) is 5.97. The van der Waals surface area contributed by atoms with Crippen molar-refractivity contribution in [3.05, 3.63) is 29.8 Å². The Labute approximate surface area is 125 Å². The normalized spacial score (nSPS) is 14.6.